The lowest BCUT2D eigenvalue weighted by Crippen LogP contribution is -1.90. The zero-order chi connectivity index (χ0) is 8.81. The van der Waals surface area contributed by atoms with Gasteiger partial charge in [0.1, 0.15) is 0 Å². The SMILES string of the molecule is [N]/C=C(\C=S)Cc1ccccc1. The van der Waals surface area contributed by atoms with Crippen LogP contribution >= 0.6 is 12.2 Å². The van der Waals surface area contributed by atoms with E-state index in [0.717, 1.165) is 17.3 Å². The van der Waals surface area contributed by atoms with Crippen molar-refractivity contribution in [3.05, 3.63) is 47.7 Å². The molecule has 0 aliphatic carbocycles. The molecule has 1 aromatic rings. The highest BCUT2D eigenvalue weighted by Gasteiger charge is 1.94. The van der Waals surface area contributed by atoms with Gasteiger partial charge in [0.2, 0.25) is 0 Å². The zero-order valence-corrected chi connectivity index (χ0v) is 7.42. The Balaban J connectivity index is 2.70. The maximum Gasteiger partial charge on any atom is 0.0539 e. The second-order valence-electron chi connectivity index (χ2n) is 2.48. The summed E-state index contributed by atoms with van der Waals surface area (Å²) in [5, 5.41) is 1.49. The lowest BCUT2D eigenvalue weighted by atomic mass is 10.1. The van der Waals surface area contributed by atoms with Crippen molar-refractivity contribution in [2.75, 3.05) is 0 Å². The van der Waals surface area contributed by atoms with Crippen molar-refractivity contribution in [1.29, 1.82) is 0 Å². The topological polar surface area (TPSA) is 22.3 Å². The van der Waals surface area contributed by atoms with Crippen molar-refractivity contribution < 1.29 is 0 Å². The zero-order valence-electron chi connectivity index (χ0n) is 6.60. The quantitative estimate of drug-likeness (QED) is 0.510. The van der Waals surface area contributed by atoms with Gasteiger partial charge < -0.3 is 0 Å². The van der Waals surface area contributed by atoms with Crippen LogP contribution in [0.15, 0.2) is 42.1 Å². The minimum Gasteiger partial charge on any atom is -0.159 e. The first-order chi connectivity index (χ1) is 5.86. The van der Waals surface area contributed by atoms with Crippen LogP contribution in [0.25, 0.3) is 0 Å². The van der Waals surface area contributed by atoms with E-state index in [9.17, 15) is 0 Å². The molecule has 0 fully saturated rings. The molecule has 0 saturated carbocycles. The molecule has 0 aliphatic heterocycles. The smallest absolute Gasteiger partial charge is 0.0539 e. The minimum absolute atomic E-state index is 0.695. The Labute approximate surface area is 77.9 Å². The first-order valence-electron chi connectivity index (χ1n) is 3.69. The third-order valence-corrected chi connectivity index (χ3v) is 1.87. The van der Waals surface area contributed by atoms with E-state index in [1.165, 1.54) is 5.37 Å². The normalized spacial score (nSPS) is 11.2. The van der Waals surface area contributed by atoms with Gasteiger partial charge in [-0.25, -0.2) is 0 Å². The van der Waals surface area contributed by atoms with Crippen molar-refractivity contribution >= 4 is 17.6 Å². The number of hydrogen-bond acceptors (Lipinski definition) is 1. The second kappa shape index (κ2) is 4.67. The van der Waals surface area contributed by atoms with E-state index in [1.54, 1.807) is 0 Å². The third kappa shape index (κ3) is 2.47. The number of nitrogens with zero attached hydrogens (tertiary/aromatic N) is 1. The second-order valence-corrected chi connectivity index (χ2v) is 2.72. The van der Waals surface area contributed by atoms with Gasteiger partial charge in [0.15, 0.2) is 0 Å². The molecule has 2 radical (unpaired) electrons. The summed E-state index contributed by atoms with van der Waals surface area (Å²) < 4.78 is 0. The number of thiocarbonyl (C=S) groups is 1. The Hall–Kier alpha value is -1.15. The fourth-order valence-corrected chi connectivity index (χ4v) is 1.09. The highest BCUT2D eigenvalue weighted by atomic mass is 32.1. The number of benzene rings is 1. The molecular formula is C10H9NS. The largest absolute Gasteiger partial charge is 0.159 e. The van der Waals surface area contributed by atoms with Gasteiger partial charge in [0.25, 0.3) is 0 Å². The van der Waals surface area contributed by atoms with Gasteiger partial charge in [-0.05, 0) is 17.6 Å². The molecule has 2 heteroatoms. The van der Waals surface area contributed by atoms with E-state index in [4.69, 9.17) is 18.0 Å². The van der Waals surface area contributed by atoms with Crippen molar-refractivity contribution in [1.82, 2.24) is 5.73 Å². The minimum atomic E-state index is 0.695. The van der Waals surface area contributed by atoms with Crippen molar-refractivity contribution in [3.8, 4) is 0 Å². The van der Waals surface area contributed by atoms with E-state index in [0.29, 0.717) is 6.42 Å². The monoisotopic (exact) mass is 175 g/mol. The van der Waals surface area contributed by atoms with E-state index >= 15 is 0 Å². The van der Waals surface area contributed by atoms with E-state index in [1.807, 2.05) is 30.3 Å². The Morgan fingerprint density at radius 3 is 2.50 bits per heavy atom. The van der Waals surface area contributed by atoms with Gasteiger partial charge in [-0.1, -0.05) is 42.5 Å². The Kier molecular flexibility index (Phi) is 3.48. The van der Waals surface area contributed by atoms with Crippen LogP contribution < -0.4 is 5.73 Å². The van der Waals surface area contributed by atoms with Crippen molar-refractivity contribution in [2.45, 2.75) is 6.42 Å². The highest BCUT2D eigenvalue weighted by molar-refractivity contribution is 7.79. The van der Waals surface area contributed by atoms with Gasteiger partial charge in [-0.15, -0.1) is 0 Å². The van der Waals surface area contributed by atoms with Crippen LogP contribution in [0.5, 0.6) is 0 Å². The van der Waals surface area contributed by atoms with Crippen LogP contribution in [-0.4, -0.2) is 5.37 Å². The standard InChI is InChI=1S/C10H9NS/c11-7-10(8-12)6-9-4-2-1-3-5-9/h1-5,7-8H,6H2/b10-7-. The summed E-state index contributed by atoms with van der Waals surface area (Å²) in [5.74, 6) is 0. The highest BCUT2D eigenvalue weighted by Crippen LogP contribution is 2.05. The number of allylic oxidation sites excluding steroid dienone is 1. The van der Waals surface area contributed by atoms with E-state index in [2.05, 4.69) is 0 Å². The Morgan fingerprint density at radius 2 is 2.00 bits per heavy atom. The molecule has 0 unspecified atom stereocenters. The molecule has 1 nitrogen and oxygen atoms in total. The van der Waals surface area contributed by atoms with Crippen LogP contribution in [0.1, 0.15) is 5.56 Å². The molecule has 0 atom stereocenters. The van der Waals surface area contributed by atoms with Crippen molar-refractivity contribution in [3.63, 3.8) is 0 Å². The molecular weight excluding hydrogens is 166 g/mol. The maximum absolute atomic E-state index is 8.73. The molecule has 0 saturated heterocycles. The van der Waals surface area contributed by atoms with Gasteiger partial charge in [0.05, 0.1) is 6.20 Å². The number of hydrogen-bond donors (Lipinski definition) is 0. The molecule has 0 amide bonds. The Morgan fingerprint density at radius 1 is 1.33 bits per heavy atom. The molecule has 0 N–H and O–H groups in total. The summed E-state index contributed by atoms with van der Waals surface area (Å²) in [5.41, 5.74) is 10.6. The summed E-state index contributed by atoms with van der Waals surface area (Å²) in [6.45, 7) is 0. The van der Waals surface area contributed by atoms with Crippen LogP contribution in [0.2, 0.25) is 0 Å². The fourth-order valence-electron chi connectivity index (χ4n) is 0.949. The first kappa shape index (κ1) is 8.94. The third-order valence-electron chi connectivity index (χ3n) is 1.57. The molecule has 0 bridgehead atoms. The van der Waals surface area contributed by atoms with E-state index in [-0.39, 0.29) is 0 Å². The van der Waals surface area contributed by atoms with Gasteiger partial charge in [0, 0.05) is 5.37 Å². The lowest BCUT2D eigenvalue weighted by Gasteiger charge is -1.98. The maximum atomic E-state index is 8.73. The molecule has 1 aromatic carbocycles. The molecule has 60 valence electrons. The predicted molar refractivity (Wildman–Crippen MR) is 54.0 cm³/mol. The number of rotatable bonds is 3. The molecule has 0 heterocycles. The molecule has 0 aliphatic rings. The van der Waals surface area contributed by atoms with Crippen LogP contribution in [0, 0.1) is 0 Å². The van der Waals surface area contributed by atoms with Gasteiger partial charge in [-0.3, -0.25) is 0 Å². The molecule has 0 aromatic heterocycles. The molecule has 12 heavy (non-hydrogen) atoms. The summed E-state index contributed by atoms with van der Waals surface area (Å²) >= 11 is 4.72. The summed E-state index contributed by atoms with van der Waals surface area (Å²) in [6, 6.07) is 9.90. The summed E-state index contributed by atoms with van der Waals surface area (Å²) in [4.78, 5) is 0. The fraction of sp³-hybridized carbons (Fsp3) is 0.100. The molecule has 1 rings (SSSR count). The predicted octanol–water partition coefficient (Wildman–Crippen LogP) is 2.18. The van der Waals surface area contributed by atoms with Gasteiger partial charge >= 0.3 is 0 Å². The van der Waals surface area contributed by atoms with E-state index < -0.39 is 0 Å². The average Bonchev–Trinajstić information content (AvgIpc) is 2.16. The van der Waals surface area contributed by atoms with Crippen molar-refractivity contribution in [2.24, 2.45) is 0 Å². The Bertz CT molecular complexity index is 277. The molecule has 0 spiro atoms. The van der Waals surface area contributed by atoms with Gasteiger partial charge in [-0.2, -0.15) is 5.73 Å². The average molecular weight is 175 g/mol. The van der Waals surface area contributed by atoms with Crippen LogP contribution in [-0.2, 0) is 6.42 Å². The lowest BCUT2D eigenvalue weighted by molar-refractivity contribution is 1.21. The summed E-state index contributed by atoms with van der Waals surface area (Å²) in [7, 11) is 0. The summed E-state index contributed by atoms with van der Waals surface area (Å²) in [6.07, 6.45) is 1.75. The van der Waals surface area contributed by atoms with Crippen LogP contribution in [0.3, 0.4) is 0 Å². The first-order valence-corrected chi connectivity index (χ1v) is 4.16. The van der Waals surface area contributed by atoms with Crippen LogP contribution in [0.4, 0.5) is 0 Å².